The highest BCUT2D eigenvalue weighted by atomic mass is 32.2. The summed E-state index contributed by atoms with van der Waals surface area (Å²) in [6, 6.07) is 15.4. The van der Waals surface area contributed by atoms with Crippen LogP contribution >= 0.6 is 23.1 Å². The molecule has 0 atom stereocenters. The molecule has 26 heavy (non-hydrogen) atoms. The lowest BCUT2D eigenvalue weighted by atomic mass is 10.2. The average Bonchev–Trinajstić information content (AvgIpc) is 3.26. The summed E-state index contributed by atoms with van der Waals surface area (Å²) < 4.78 is 2.00. The molecule has 1 aromatic heterocycles. The van der Waals surface area contributed by atoms with E-state index in [0.717, 1.165) is 26.7 Å². The van der Waals surface area contributed by atoms with Crippen molar-refractivity contribution in [3.8, 4) is 0 Å². The number of rotatable bonds is 5. The quantitative estimate of drug-likeness (QED) is 0.672. The van der Waals surface area contributed by atoms with E-state index in [1.54, 1.807) is 16.2 Å². The average molecular weight is 383 g/mol. The second-order valence-corrected chi connectivity index (χ2v) is 8.20. The van der Waals surface area contributed by atoms with Crippen LogP contribution in [-0.4, -0.2) is 29.1 Å². The van der Waals surface area contributed by atoms with Gasteiger partial charge in [-0.25, -0.2) is 4.98 Å². The monoisotopic (exact) mass is 383 g/mol. The first-order valence-electron chi connectivity index (χ1n) is 8.38. The Morgan fingerprint density at radius 3 is 2.81 bits per heavy atom. The number of nitrogens with one attached hydrogen (secondary N) is 1. The van der Waals surface area contributed by atoms with Gasteiger partial charge < -0.3 is 10.2 Å². The van der Waals surface area contributed by atoms with E-state index in [0.29, 0.717) is 18.7 Å². The topological polar surface area (TPSA) is 62.3 Å². The number of para-hydroxylation sites is 3. The second kappa shape index (κ2) is 7.47. The van der Waals surface area contributed by atoms with Crippen molar-refractivity contribution in [1.82, 2.24) is 4.98 Å². The number of nitrogens with zero attached hydrogens (tertiary/aromatic N) is 2. The van der Waals surface area contributed by atoms with Crippen molar-refractivity contribution in [2.45, 2.75) is 17.2 Å². The highest BCUT2D eigenvalue weighted by Crippen LogP contribution is 2.31. The molecule has 4 rings (SSSR count). The van der Waals surface area contributed by atoms with Gasteiger partial charge in [-0.3, -0.25) is 9.59 Å². The number of fused-ring (bicyclic) bond motifs is 1. The van der Waals surface area contributed by atoms with E-state index in [1.165, 1.54) is 11.8 Å². The second-order valence-electron chi connectivity index (χ2n) is 5.95. The third-order valence-electron chi connectivity index (χ3n) is 4.14. The van der Waals surface area contributed by atoms with Gasteiger partial charge in [-0.15, -0.1) is 11.3 Å². The molecule has 1 aliphatic rings. The molecule has 1 saturated heterocycles. The molecule has 1 aliphatic heterocycles. The number of hydrogen-bond acceptors (Lipinski definition) is 5. The first-order valence-corrected chi connectivity index (χ1v) is 10.2. The molecule has 1 N–H and O–H groups in total. The maximum Gasteiger partial charge on any atom is 0.234 e. The van der Waals surface area contributed by atoms with Gasteiger partial charge in [0.05, 0.1) is 27.3 Å². The maximum atomic E-state index is 12.4. The van der Waals surface area contributed by atoms with Crippen LogP contribution in [0.25, 0.3) is 10.2 Å². The van der Waals surface area contributed by atoms with Crippen LogP contribution in [0.5, 0.6) is 0 Å². The fourth-order valence-corrected chi connectivity index (χ4v) is 4.81. The molecule has 0 unspecified atom stereocenters. The molecule has 2 amide bonds. The minimum absolute atomic E-state index is 0.103. The van der Waals surface area contributed by atoms with Crippen molar-refractivity contribution in [3.05, 3.63) is 48.5 Å². The van der Waals surface area contributed by atoms with Crippen LogP contribution in [0.1, 0.15) is 12.8 Å². The van der Waals surface area contributed by atoms with Crippen molar-refractivity contribution in [2.75, 3.05) is 22.5 Å². The third kappa shape index (κ3) is 3.59. The summed E-state index contributed by atoms with van der Waals surface area (Å²) >= 11 is 3.02. The van der Waals surface area contributed by atoms with Crippen LogP contribution in [-0.2, 0) is 9.59 Å². The molecule has 7 heteroatoms. The van der Waals surface area contributed by atoms with E-state index in [-0.39, 0.29) is 17.6 Å². The maximum absolute atomic E-state index is 12.4. The van der Waals surface area contributed by atoms with Crippen LogP contribution in [0.4, 0.5) is 11.4 Å². The summed E-state index contributed by atoms with van der Waals surface area (Å²) in [5.74, 6) is 0.283. The van der Waals surface area contributed by atoms with Crippen molar-refractivity contribution in [1.29, 1.82) is 0 Å². The Hall–Kier alpha value is -2.38. The summed E-state index contributed by atoms with van der Waals surface area (Å²) in [4.78, 5) is 30.7. The number of carbonyl (C=O) groups is 2. The van der Waals surface area contributed by atoms with E-state index in [2.05, 4.69) is 10.3 Å². The van der Waals surface area contributed by atoms with E-state index in [4.69, 9.17) is 0 Å². The Morgan fingerprint density at radius 2 is 2.00 bits per heavy atom. The Kier molecular flexibility index (Phi) is 4.90. The Balaban J connectivity index is 1.43. The van der Waals surface area contributed by atoms with Gasteiger partial charge in [0.25, 0.3) is 0 Å². The minimum Gasteiger partial charge on any atom is -0.324 e. The molecule has 0 spiro atoms. The molecular weight excluding hydrogens is 366 g/mol. The van der Waals surface area contributed by atoms with E-state index in [9.17, 15) is 9.59 Å². The van der Waals surface area contributed by atoms with Gasteiger partial charge in [0, 0.05) is 13.0 Å². The number of amides is 2. The molecule has 5 nitrogen and oxygen atoms in total. The number of aromatic nitrogens is 1. The lowest BCUT2D eigenvalue weighted by Gasteiger charge is -2.19. The zero-order valence-corrected chi connectivity index (χ0v) is 15.6. The number of anilines is 2. The van der Waals surface area contributed by atoms with Gasteiger partial charge in [0.1, 0.15) is 0 Å². The van der Waals surface area contributed by atoms with Crippen LogP contribution in [0, 0.1) is 0 Å². The largest absolute Gasteiger partial charge is 0.324 e. The molecule has 0 radical (unpaired) electrons. The van der Waals surface area contributed by atoms with Gasteiger partial charge in [0.15, 0.2) is 4.34 Å². The van der Waals surface area contributed by atoms with Gasteiger partial charge >= 0.3 is 0 Å². The van der Waals surface area contributed by atoms with Crippen molar-refractivity contribution < 1.29 is 9.59 Å². The molecule has 0 saturated carbocycles. The fraction of sp³-hybridized carbons (Fsp3) is 0.211. The predicted molar refractivity (Wildman–Crippen MR) is 107 cm³/mol. The van der Waals surface area contributed by atoms with Crippen LogP contribution < -0.4 is 10.2 Å². The lowest BCUT2D eigenvalue weighted by molar-refractivity contribution is -0.117. The Morgan fingerprint density at radius 1 is 1.19 bits per heavy atom. The summed E-state index contributed by atoms with van der Waals surface area (Å²) in [5.41, 5.74) is 2.41. The number of carbonyl (C=O) groups excluding carboxylic acids is 2. The van der Waals surface area contributed by atoms with E-state index in [1.807, 2.05) is 48.5 Å². The summed E-state index contributed by atoms with van der Waals surface area (Å²) in [5, 5.41) is 2.94. The smallest absolute Gasteiger partial charge is 0.234 e. The molecule has 0 aliphatic carbocycles. The number of thiazole rings is 1. The summed E-state index contributed by atoms with van der Waals surface area (Å²) in [6.07, 6.45) is 1.42. The van der Waals surface area contributed by atoms with Gasteiger partial charge in [-0.05, 0) is 30.7 Å². The zero-order chi connectivity index (χ0) is 17.9. The fourth-order valence-electron chi connectivity index (χ4n) is 2.94. The highest BCUT2D eigenvalue weighted by Gasteiger charge is 2.24. The first-order chi connectivity index (χ1) is 12.7. The van der Waals surface area contributed by atoms with E-state index < -0.39 is 0 Å². The van der Waals surface area contributed by atoms with Crippen LogP contribution in [0.15, 0.2) is 52.9 Å². The molecule has 2 heterocycles. The summed E-state index contributed by atoms with van der Waals surface area (Å²) in [6.45, 7) is 0.701. The SMILES string of the molecule is O=C(CSc1nc2ccccc2s1)Nc1ccccc1N1CCCC1=O. The van der Waals surface area contributed by atoms with Crippen LogP contribution in [0.3, 0.4) is 0 Å². The van der Waals surface area contributed by atoms with Gasteiger partial charge in [0.2, 0.25) is 11.8 Å². The van der Waals surface area contributed by atoms with Crippen molar-refractivity contribution in [3.63, 3.8) is 0 Å². The Bertz CT molecular complexity index is 937. The number of thioether (sulfide) groups is 1. The molecule has 132 valence electrons. The lowest BCUT2D eigenvalue weighted by Crippen LogP contribution is -2.25. The number of benzene rings is 2. The minimum atomic E-state index is -0.103. The molecule has 2 aromatic carbocycles. The zero-order valence-electron chi connectivity index (χ0n) is 14.0. The first kappa shape index (κ1) is 17.1. The number of hydrogen-bond donors (Lipinski definition) is 1. The molecule has 0 bridgehead atoms. The van der Waals surface area contributed by atoms with Gasteiger partial charge in [-0.2, -0.15) is 0 Å². The normalized spacial score (nSPS) is 14.2. The third-order valence-corrected chi connectivity index (χ3v) is 6.32. The van der Waals surface area contributed by atoms with Crippen molar-refractivity contribution >= 4 is 56.5 Å². The standard InChI is InChI=1S/C19H17N3O2S2/c23-17(12-25-19-21-14-7-2-4-9-16(14)26-19)20-13-6-1-3-8-15(13)22-11-5-10-18(22)24/h1-4,6-9H,5,10-12H2,(H,20,23). The highest BCUT2D eigenvalue weighted by molar-refractivity contribution is 8.01. The predicted octanol–water partition coefficient (Wildman–Crippen LogP) is 4.15. The Labute approximate surface area is 159 Å². The van der Waals surface area contributed by atoms with Crippen LogP contribution in [0.2, 0.25) is 0 Å². The molecule has 3 aromatic rings. The summed E-state index contributed by atoms with van der Waals surface area (Å²) in [7, 11) is 0. The molecular formula is C19H17N3O2S2. The van der Waals surface area contributed by atoms with E-state index >= 15 is 0 Å². The van der Waals surface area contributed by atoms with Gasteiger partial charge in [-0.1, -0.05) is 36.0 Å². The molecule has 1 fully saturated rings. The van der Waals surface area contributed by atoms with Crippen molar-refractivity contribution in [2.24, 2.45) is 0 Å².